The largest absolute Gasteiger partial charge is 0.497 e. The van der Waals surface area contributed by atoms with Crippen LogP contribution in [0.3, 0.4) is 0 Å². The number of carbonyl (C=O) groups excluding carboxylic acids is 1. The van der Waals surface area contributed by atoms with Crippen molar-refractivity contribution >= 4 is 5.97 Å². The zero-order chi connectivity index (χ0) is 15.9. The molecular formula is C18H24O4. The van der Waals surface area contributed by atoms with Gasteiger partial charge in [-0.1, -0.05) is 31.2 Å². The highest BCUT2D eigenvalue weighted by atomic mass is 16.5. The lowest BCUT2D eigenvalue weighted by Gasteiger charge is -2.22. The van der Waals surface area contributed by atoms with Crippen molar-refractivity contribution in [1.82, 2.24) is 0 Å². The average molecular weight is 304 g/mol. The molecule has 0 spiro atoms. The summed E-state index contributed by atoms with van der Waals surface area (Å²) in [5, 5.41) is 0. The molecule has 0 bridgehead atoms. The molecule has 4 nitrogen and oxygen atoms in total. The summed E-state index contributed by atoms with van der Waals surface area (Å²) in [5.74, 6) is 1.64. The quantitative estimate of drug-likeness (QED) is 0.573. The van der Waals surface area contributed by atoms with Crippen molar-refractivity contribution in [2.24, 2.45) is 17.8 Å². The van der Waals surface area contributed by atoms with Crippen molar-refractivity contribution in [3.8, 4) is 5.75 Å². The molecule has 0 fully saturated rings. The molecule has 0 amide bonds. The summed E-state index contributed by atoms with van der Waals surface area (Å²) in [6.45, 7) is 3.37. The van der Waals surface area contributed by atoms with E-state index in [1.165, 1.54) is 7.11 Å². The van der Waals surface area contributed by atoms with Crippen LogP contribution >= 0.6 is 0 Å². The van der Waals surface area contributed by atoms with Crippen LogP contribution in [0, 0.1) is 17.8 Å². The maximum atomic E-state index is 11.5. The maximum absolute atomic E-state index is 11.5. The second-order valence-electron chi connectivity index (χ2n) is 5.72. The van der Waals surface area contributed by atoms with Crippen molar-refractivity contribution in [1.29, 1.82) is 0 Å². The van der Waals surface area contributed by atoms with Gasteiger partial charge in [0.15, 0.2) is 0 Å². The third-order valence-corrected chi connectivity index (χ3v) is 4.26. The molecule has 0 radical (unpaired) electrons. The summed E-state index contributed by atoms with van der Waals surface area (Å²) in [7, 11) is 3.08. The first-order valence-corrected chi connectivity index (χ1v) is 7.60. The van der Waals surface area contributed by atoms with Crippen LogP contribution in [0.4, 0.5) is 0 Å². The Bertz CT molecular complexity index is 506. The zero-order valence-electron chi connectivity index (χ0n) is 13.5. The van der Waals surface area contributed by atoms with Crippen LogP contribution in [0.15, 0.2) is 36.4 Å². The highest BCUT2D eigenvalue weighted by Crippen LogP contribution is 2.33. The van der Waals surface area contributed by atoms with Crippen LogP contribution in [0.25, 0.3) is 0 Å². The fourth-order valence-corrected chi connectivity index (χ4v) is 2.80. The zero-order valence-corrected chi connectivity index (χ0v) is 13.5. The Morgan fingerprint density at radius 2 is 1.86 bits per heavy atom. The van der Waals surface area contributed by atoms with Crippen LogP contribution in [0.5, 0.6) is 5.75 Å². The van der Waals surface area contributed by atoms with E-state index in [9.17, 15) is 4.79 Å². The predicted octanol–water partition coefficient (Wildman–Crippen LogP) is 3.21. The van der Waals surface area contributed by atoms with E-state index in [0.717, 1.165) is 11.3 Å². The lowest BCUT2D eigenvalue weighted by Crippen LogP contribution is -2.23. The van der Waals surface area contributed by atoms with E-state index in [-0.39, 0.29) is 11.9 Å². The molecule has 0 unspecified atom stereocenters. The number of rotatable bonds is 7. The van der Waals surface area contributed by atoms with Crippen molar-refractivity contribution in [2.45, 2.75) is 20.0 Å². The number of benzene rings is 1. The molecule has 120 valence electrons. The molecule has 1 aromatic rings. The molecule has 22 heavy (non-hydrogen) atoms. The molecule has 1 aliphatic carbocycles. The van der Waals surface area contributed by atoms with Gasteiger partial charge in [0.2, 0.25) is 0 Å². The van der Waals surface area contributed by atoms with Gasteiger partial charge in [0.1, 0.15) is 5.75 Å². The number of methoxy groups -OCH3 is 2. The van der Waals surface area contributed by atoms with E-state index in [2.05, 4.69) is 19.1 Å². The summed E-state index contributed by atoms with van der Waals surface area (Å²) in [6.07, 6.45) is 4.70. The van der Waals surface area contributed by atoms with Crippen molar-refractivity contribution < 1.29 is 19.0 Å². The molecule has 0 N–H and O–H groups in total. The predicted molar refractivity (Wildman–Crippen MR) is 84.6 cm³/mol. The minimum absolute atomic E-state index is 0.163. The molecule has 4 heteroatoms. The van der Waals surface area contributed by atoms with Gasteiger partial charge in [-0.15, -0.1) is 0 Å². The van der Waals surface area contributed by atoms with Crippen LogP contribution in [0.2, 0.25) is 0 Å². The first-order valence-electron chi connectivity index (χ1n) is 7.60. The SMILES string of the molecule is COC(=O)C[C@H]1C=C[C@H](C)[C@H]1COCc1ccc(OC)cc1. The molecule has 0 saturated heterocycles. The van der Waals surface area contributed by atoms with Gasteiger partial charge in [-0.2, -0.15) is 0 Å². The van der Waals surface area contributed by atoms with Crippen LogP contribution in [-0.4, -0.2) is 26.8 Å². The Morgan fingerprint density at radius 3 is 2.50 bits per heavy atom. The smallest absolute Gasteiger partial charge is 0.306 e. The van der Waals surface area contributed by atoms with Crippen LogP contribution in [-0.2, 0) is 20.9 Å². The Morgan fingerprint density at radius 1 is 1.14 bits per heavy atom. The Balaban J connectivity index is 1.82. The number of carbonyl (C=O) groups is 1. The molecule has 0 aromatic heterocycles. The van der Waals surface area contributed by atoms with Gasteiger partial charge in [0.25, 0.3) is 0 Å². The van der Waals surface area contributed by atoms with Gasteiger partial charge in [-0.3, -0.25) is 4.79 Å². The van der Waals surface area contributed by atoms with Crippen molar-refractivity contribution in [2.75, 3.05) is 20.8 Å². The molecule has 2 rings (SSSR count). The molecule has 0 saturated carbocycles. The molecule has 1 aromatic carbocycles. The van der Waals surface area contributed by atoms with Crippen molar-refractivity contribution in [3.63, 3.8) is 0 Å². The maximum Gasteiger partial charge on any atom is 0.306 e. The molecule has 3 atom stereocenters. The van der Waals surface area contributed by atoms with E-state index in [1.54, 1.807) is 7.11 Å². The van der Waals surface area contributed by atoms with E-state index < -0.39 is 0 Å². The molecule has 0 heterocycles. The van der Waals surface area contributed by atoms with Gasteiger partial charge < -0.3 is 14.2 Å². The standard InChI is InChI=1S/C18H24O4/c1-13-4-7-15(10-18(19)21-3)17(13)12-22-11-14-5-8-16(20-2)9-6-14/h4-9,13,15,17H,10-12H2,1-3H3/t13-,15+,17+/m0/s1. The van der Waals surface area contributed by atoms with E-state index >= 15 is 0 Å². The van der Waals surface area contributed by atoms with Gasteiger partial charge >= 0.3 is 5.97 Å². The Labute approximate surface area is 132 Å². The minimum atomic E-state index is -0.163. The Kier molecular flexibility index (Phi) is 6.01. The lowest BCUT2D eigenvalue weighted by atomic mass is 9.88. The van der Waals surface area contributed by atoms with Crippen LogP contribution < -0.4 is 4.74 Å². The van der Waals surface area contributed by atoms with E-state index in [0.29, 0.717) is 31.5 Å². The van der Waals surface area contributed by atoms with Gasteiger partial charge in [-0.05, 0) is 35.4 Å². The highest BCUT2D eigenvalue weighted by Gasteiger charge is 2.30. The number of hydrogen-bond donors (Lipinski definition) is 0. The van der Waals surface area contributed by atoms with Crippen molar-refractivity contribution in [3.05, 3.63) is 42.0 Å². The minimum Gasteiger partial charge on any atom is -0.497 e. The number of ether oxygens (including phenoxy) is 3. The molecule has 1 aliphatic rings. The van der Waals surface area contributed by atoms with E-state index in [1.807, 2.05) is 24.3 Å². The topological polar surface area (TPSA) is 44.8 Å². The first-order chi connectivity index (χ1) is 10.6. The second-order valence-corrected chi connectivity index (χ2v) is 5.72. The molecular weight excluding hydrogens is 280 g/mol. The highest BCUT2D eigenvalue weighted by molar-refractivity contribution is 5.69. The fourth-order valence-electron chi connectivity index (χ4n) is 2.80. The van der Waals surface area contributed by atoms with Gasteiger partial charge in [0.05, 0.1) is 33.9 Å². The summed E-state index contributed by atoms with van der Waals surface area (Å²) in [4.78, 5) is 11.5. The third kappa shape index (κ3) is 4.34. The summed E-state index contributed by atoms with van der Waals surface area (Å²) in [6, 6.07) is 7.86. The molecule has 0 aliphatic heterocycles. The average Bonchev–Trinajstić information content (AvgIpc) is 2.88. The summed E-state index contributed by atoms with van der Waals surface area (Å²) in [5.41, 5.74) is 1.11. The normalized spacial score (nSPS) is 23.5. The van der Waals surface area contributed by atoms with E-state index in [4.69, 9.17) is 14.2 Å². The fraction of sp³-hybridized carbons (Fsp3) is 0.500. The number of esters is 1. The Hall–Kier alpha value is -1.81. The second kappa shape index (κ2) is 7.99. The first kappa shape index (κ1) is 16.6. The number of hydrogen-bond acceptors (Lipinski definition) is 4. The number of allylic oxidation sites excluding steroid dienone is 2. The lowest BCUT2D eigenvalue weighted by molar-refractivity contribution is -0.141. The van der Waals surface area contributed by atoms with Gasteiger partial charge in [0, 0.05) is 0 Å². The van der Waals surface area contributed by atoms with Crippen LogP contribution in [0.1, 0.15) is 18.9 Å². The summed E-state index contributed by atoms with van der Waals surface area (Å²) >= 11 is 0. The third-order valence-electron chi connectivity index (χ3n) is 4.26. The summed E-state index contributed by atoms with van der Waals surface area (Å²) < 4.78 is 15.8. The van der Waals surface area contributed by atoms with Gasteiger partial charge in [-0.25, -0.2) is 0 Å². The monoisotopic (exact) mass is 304 g/mol.